The second kappa shape index (κ2) is 19.9. The van der Waals surface area contributed by atoms with E-state index in [1.807, 2.05) is 0 Å². The standard InChI is InChI=1S/C26H50O4/c1-22(2)14-12-20-29-25(27)17-11-9-7-6-8-10-16-24(5)18-19-26(28)30-21-13-15-23(3)4/h22-24H,6-21H2,1-5H3. The molecular weight excluding hydrogens is 376 g/mol. The van der Waals surface area contributed by atoms with Gasteiger partial charge in [0.2, 0.25) is 0 Å². The van der Waals surface area contributed by atoms with Crippen molar-refractivity contribution in [1.29, 1.82) is 0 Å². The molecule has 0 aliphatic carbocycles. The molecule has 1 unspecified atom stereocenters. The van der Waals surface area contributed by atoms with E-state index in [1.165, 1.54) is 32.1 Å². The molecule has 1 atom stereocenters. The van der Waals surface area contributed by atoms with Gasteiger partial charge >= 0.3 is 11.9 Å². The van der Waals surface area contributed by atoms with Crippen LogP contribution in [0.3, 0.4) is 0 Å². The molecule has 0 spiro atoms. The van der Waals surface area contributed by atoms with Crippen molar-refractivity contribution in [3.8, 4) is 0 Å². The summed E-state index contributed by atoms with van der Waals surface area (Å²) in [6, 6.07) is 0. The first-order valence-electron chi connectivity index (χ1n) is 12.6. The summed E-state index contributed by atoms with van der Waals surface area (Å²) >= 11 is 0. The molecular formula is C26H50O4. The van der Waals surface area contributed by atoms with Crippen LogP contribution in [-0.2, 0) is 19.1 Å². The minimum atomic E-state index is -0.0379. The van der Waals surface area contributed by atoms with E-state index < -0.39 is 0 Å². The Morgan fingerprint density at radius 2 is 1.00 bits per heavy atom. The average molecular weight is 427 g/mol. The van der Waals surface area contributed by atoms with Gasteiger partial charge in [-0.2, -0.15) is 0 Å². The van der Waals surface area contributed by atoms with Crippen molar-refractivity contribution in [3.63, 3.8) is 0 Å². The first-order valence-corrected chi connectivity index (χ1v) is 12.6. The molecule has 0 amide bonds. The summed E-state index contributed by atoms with van der Waals surface area (Å²) in [5.74, 6) is 1.85. The molecule has 0 aromatic heterocycles. The van der Waals surface area contributed by atoms with E-state index in [1.54, 1.807) is 0 Å². The minimum absolute atomic E-state index is 0.0361. The van der Waals surface area contributed by atoms with Crippen LogP contribution in [0.15, 0.2) is 0 Å². The van der Waals surface area contributed by atoms with Gasteiger partial charge in [-0.15, -0.1) is 0 Å². The highest BCUT2D eigenvalue weighted by Gasteiger charge is 2.08. The van der Waals surface area contributed by atoms with Gasteiger partial charge in [0.15, 0.2) is 0 Å². The molecule has 0 saturated heterocycles. The maximum absolute atomic E-state index is 11.8. The first kappa shape index (κ1) is 28.9. The zero-order valence-corrected chi connectivity index (χ0v) is 20.7. The summed E-state index contributed by atoms with van der Waals surface area (Å²) in [5, 5.41) is 0. The molecule has 4 heteroatoms. The number of ether oxygens (including phenoxy) is 2. The van der Waals surface area contributed by atoms with Crippen LogP contribution in [0.2, 0.25) is 0 Å². The Hall–Kier alpha value is -1.06. The molecule has 30 heavy (non-hydrogen) atoms. The number of rotatable bonds is 20. The Morgan fingerprint density at radius 3 is 1.53 bits per heavy atom. The zero-order chi connectivity index (χ0) is 22.6. The van der Waals surface area contributed by atoms with Gasteiger partial charge < -0.3 is 9.47 Å². The van der Waals surface area contributed by atoms with E-state index >= 15 is 0 Å². The number of carbonyl (C=O) groups excluding carboxylic acids is 2. The second-order valence-corrected chi connectivity index (χ2v) is 9.82. The lowest BCUT2D eigenvalue weighted by molar-refractivity contribution is -0.145. The summed E-state index contributed by atoms with van der Waals surface area (Å²) in [6.07, 6.45) is 14.4. The number of hydrogen-bond acceptors (Lipinski definition) is 4. The van der Waals surface area contributed by atoms with Crippen molar-refractivity contribution in [1.82, 2.24) is 0 Å². The van der Waals surface area contributed by atoms with Gasteiger partial charge in [0.25, 0.3) is 0 Å². The van der Waals surface area contributed by atoms with Gasteiger partial charge in [-0.05, 0) is 56.3 Å². The van der Waals surface area contributed by atoms with Crippen LogP contribution in [0.5, 0.6) is 0 Å². The Kier molecular flexibility index (Phi) is 19.2. The van der Waals surface area contributed by atoms with Crippen LogP contribution in [0.25, 0.3) is 0 Å². The quantitative estimate of drug-likeness (QED) is 0.149. The third-order valence-corrected chi connectivity index (χ3v) is 5.55. The fourth-order valence-electron chi connectivity index (χ4n) is 3.48. The monoisotopic (exact) mass is 426 g/mol. The van der Waals surface area contributed by atoms with Gasteiger partial charge in [0.05, 0.1) is 13.2 Å². The summed E-state index contributed by atoms with van der Waals surface area (Å²) in [5.41, 5.74) is 0. The molecule has 0 N–H and O–H groups in total. The Bertz CT molecular complexity index is 417. The number of carbonyl (C=O) groups is 2. The Morgan fingerprint density at radius 1 is 0.533 bits per heavy atom. The van der Waals surface area contributed by atoms with Crippen molar-refractivity contribution in [3.05, 3.63) is 0 Å². The molecule has 0 aliphatic heterocycles. The van der Waals surface area contributed by atoms with Gasteiger partial charge in [0, 0.05) is 12.8 Å². The fourth-order valence-corrected chi connectivity index (χ4v) is 3.48. The van der Waals surface area contributed by atoms with Crippen LogP contribution in [0, 0.1) is 17.8 Å². The summed E-state index contributed by atoms with van der Waals surface area (Å²) in [4.78, 5) is 23.4. The molecule has 0 rings (SSSR count). The third kappa shape index (κ3) is 21.6. The smallest absolute Gasteiger partial charge is 0.305 e. The van der Waals surface area contributed by atoms with Crippen LogP contribution < -0.4 is 0 Å². The molecule has 0 saturated carbocycles. The van der Waals surface area contributed by atoms with Crippen molar-refractivity contribution in [2.24, 2.45) is 17.8 Å². The highest BCUT2D eigenvalue weighted by Crippen LogP contribution is 2.17. The Balaban J connectivity index is 3.41. The Labute approximate surface area is 186 Å². The topological polar surface area (TPSA) is 52.6 Å². The van der Waals surface area contributed by atoms with Crippen LogP contribution in [0.4, 0.5) is 0 Å². The molecule has 0 aromatic carbocycles. The first-order chi connectivity index (χ1) is 14.3. The van der Waals surface area contributed by atoms with Gasteiger partial charge in [-0.1, -0.05) is 73.1 Å². The van der Waals surface area contributed by atoms with Gasteiger partial charge in [-0.25, -0.2) is 0 Å². The fraction of sp³-hybridized carbons (Fsp3) is 0.923. The molecule has 4 nitrogen and oxygen atoms in total. The molecule has 0 heterocycles. The normalized spacial score (nSPS) is 12.4. The van der Waals surface area contributed by atoms with Gasteiger partial charge in [0.1, 0.15) is 0 Å². The van der Waals surface area contributed by atoms with Crippen LogP contribution in [0.1, 0.15) is 125 Å². The molecule has 178 valence electrons. The number of hydrogen-bond donors (Lipinski definition) is 0. The van der Waals surface area contributed by atoms with Crippen molar-refractivity contribution >= 4 is 11.9 Å². The van der Waals surface area contributed by atoms with E-state index in [4.69, 9.17) is 9.47 Å². The SMILES string of the molecule is CC(C)CCCOC(=O)CCCCCCCCC(C)CCC(=O)OCCCC(C)C. The van der Waals surface area contributed by atoms with Crippen molar-refractivity contribution in [2.75, 3.05) is 13.2 Å². The second-order valence-electron chi connectivity index (χ2n) is 9.82. The highest BCUT2D eigenvalue weighted by molar-refractivity contribution is 5.69. The lowest BCUT2D eigenvalue weighted by Gasteiger charge is -2.11. The third-order valence-electron chi connectivity index (χ3n) is 5.55. The van der Waals surface area contributed by atoms with E-state index in [2.05, 4.69) is 34.6 Å². The lowest BCUT2D eigenvalue weighted by Crippen LogP contribution is -2.08. The zero-order valence-electron chi connectivity index (χ0n) is 20.7. The molecule has 0 radical (unpaired) electrons. The maximum atomic E-state index is 11.8. The molecule has 0 bridgehead atoms. The van der Waals surface area contributed by atoms with Gasteiger partial charge in [-0.3, -0.25) is 9.59 Å². The molecule has 0 aromatic rings. The van der Waals surface area contributed by atoms with E-state index in [0.717, 1.165) is 44.9 Å². The summed E-state index contributed by atoms with van der Waals surface area (Å²) in [6.45, 7) is 12.1. The van der Waals surface area contributed by atoms with Crippen molar-refractivity contribution in [2.45, 2.75) is 125 Å². The largest absolute Gasteiger partial charge is 0.466 e. The van der Waals surface area contributed by atoms with E-state index in [-0.39, 0.29) is 11.9 Å². The molecule has 0 fully saturated rings. The lowest BCUT2D eigenvalue weighted by atomic mass is 9.97. The number of esters is 2. The summed E-state index contributed by atoms with van der Waals surface area (Å²) in [7, 11) is 0. The average Bonchev–Trinajstić information content (AvgIpc) is 2.68. The van der Waals surface area contributed by atoms with E-state index in [9.17, 15) is 9.59 Å². The van der Waals surface area contributed by atoms with E-state index in [0.29, 0.717) is 43.8 Å². The van der Waals surface area contributed by atoms with Crippen molar-refractivity contribution < 1.29 is 19.1 Å². The van der Waals surface area contributed by atoms with Crippen LogP contribution >= 0.6 is 0 Å². The predicted octanol–water partition coefficient (Wildman–Crippen LogP) is 7.48. The predicted molar refractivity (Wildman–Crippen MR) is 125 cm³/mol. The maximum Gasteiger partial charge on any atom is 0.305 e. The van der Waals surface area contributed by atoms with Crippen LogP contribution in [-0.4, -0.2) is 25.2 Å². The summed E-state index contributed by atoms with van der Waals surface area (Å²) < 4.78 is 10.6. The minimum Gasteiger partial charge on any atom is -0.466 e. The number of unbranched alkanes of at least 4 members (excludes halogenated alkanes) is 5. The highest BCUT2D eigenvalue weighted by atomic mass is 16.5. The molecule has 0 aliphatic rings.